The zero-order valence-corrected chi connectivity index (χ0v) is 9.44. The number of carbonyl (C=O) groups is 1. The Hall–Kier alpha value is -0.350. The number of rotatable bonds is 1. The highest BCUT2D eigenvalue weighted by Gasteiger charge is 2.09. The van der Waals surface area contributed by atoms with Crippen LogP contribution in [0.25, 0.3) is 0 Å². The number of aryl methyl sites for hydroxylation is 1. The maximum Gasteiger partial charge on any atom is 0.336 e. The van der Waals surface area contributed by atoms with E-state index < -0.39 is 5.97 Å². The summed E-state index contributed by atoms with van der Waals surface area (Å²) in [6, 6.07) is 3.36. The van der Waals surface area contributed by atoms with Crippen molar-refractivity contribution in [2.75, 3.05) is 0 Å². The molecule has 1 rings (SSSR count). The summed E-state index contributed by atoms with van der Waals surface area (Å²) in [5, 5.41) is 8.73. The van der Waals surface area contributed by atoms with E-state index in [-0.39, 0.29) is 5.56 Å². The monoisotopic (exact) mass is 292 g/mol. The second kappa shape index (κ2) is 3.58. The predicted octanol–water partition coefficient (Wildman–Crippen LogP) is 3.22. The molecule has 12 heavy (non-hydrogen) atoms. The van der Waals surface area contributed by atoms with Crippen LogP contribution in [-0.4, -0.2) is 11.1 Å². The standard InChI is InChI=1S/C8H6Br2O2/c1-4-2-7(10)5(8(11)12)3-6(4)9/h2-3H,1H3,(H,11,12). The van der Waals surface area contributed by atoms with Crippen LogP contribution in [0, 0.1) is 6.92 Å². The first kappa shape index (κ1) is 9.74. The minimum Gasteiger partial charge on any atom is -0.478 e. The molecule has 0 heterocycles. The first-order valence-corrected chi connectivity index (χ1v) is 4.80. The van der Waals surface area contributed by atoms with E-state index in [2.05, 4.69) is 31.9 Å². The van der Waals surface area contributed by atoms with Gasteiger partial charge in [-0.05, 0) is 40.5 Å². The number of carboxylic acid groups (broad SMARTS) is 1. The number of carboxylic acids is 1. The molecule has 0 saturated carbocycles. The Morgan fingerprint density at radius 3 is 2.42 bits per heavy atom. The quantitative estimate of drug-likeness (QED) is 0.863. The van der Waals surface area contributed by atoms with Crippen LogP contribution >= 0.6 is 31.9 Å². The normalized spacial score (nSPS) is 9.92. The Labute approximate surface area is 86.9 Å². The molecule has 4 heteroatoms. The lowest BCUT2D eigenvalue weighted by Crippen LogP contribution is -1.98. The molecule has 0 unspecified atom stereocenters. The van der Waals surface area contributed by atoms with Gasteiger partial charge in [-0.1, -0.05) is 15.9 Å². The van der Waals surface area contributed by atoms with Crippen molar-refractivity contribution in [2.24, 2.45) is 0 Å². The molecule has 1 aromatic carbocycles. The van der Waals surface area contributed by atoms with Gasteiger partial charge in [0.2, 0.25) is 0 Å². The van der Waals surface area contributed by atoms with Crippen molar-refractivity contribution in [1.82, 2.24) is 0 Å². The molecule has 0 bridgehead atoms. The molecule has 64 valence electrons. The van der Waals surface area contributed by atoms with E-state index in [9.17, 15) is 4.79 Å². The van der Waals surface area contributed by atoms with E-state index in [4.69, 9.17) is 5.11 Å². The van der Waals surface area contributed by atoms with E-state index in [0.29, 0.717) is 4.47 Å². The van der Waals surface area contributed by atoms with Gasteiger partial charge in [0.15, 0.2) is 0 Å². The minimum absolute atomic E-state index is 0.271. The van der Waals surface area contributed by atoms with Gasteiger partial charge in [-0.15, -0.1) is 0 Å². The van der Waals surface area contributed by atoms with Gasteiger partial charge in [-0.25, -0.2) is 4.79 Å². The lowest BCUT2D eigenvalue weighted by molar-refractivity contribution is 0.0696. The van der Waals surface area contributed by atoms with Crippen LogP contribution < -0.4 is 0 Å². The van der Waals surface area contributed by atoms with E-state index >= 15 is 0 Å². The number of halogens is 2. The second-order valence-corrected chi connectivity index (χ2v) is 4.10. The number of aromatic carboxylic acids is 1. The van der Waals surface area contributed by atoms with Gasteiger partial charge in [-0.3, -0.25) is 0 Å². The summed E-state index contributed by atoms with van der Waals surface area (Å²) >= 11 is 6.44. The van der Waals surface area contributed by atoms with E-state index in [1.807, 2.05) is 6.92 Å². The van der Waals surface area contributed by atoms with Gasteiger partial charge >= 0.3 is 5.97 Å². The van der Waals surface area contributed by atoms with Crippen LogP contribution in [-0.2, 0) is 0 Å². The van der Waals surface area contributed by atoms with Crippen molar-refractivity contribution in [3.8, 4) is 0 Å². The summed E-state index contributed by atoms with van der Waals surface area (Å²) in [5.74, 6) is -0.928. The van der Waals surface area contributed by atoms with Gasteiger partial charge in [0.1, 0.15) is 0 Å². The lowest BCUT2D eigenvalue weighted by Gasteiger charge is -2.02. The summed E-state index contributed by atoms with van der Waals surface area (Å²) in [7, 11) is 0. The van der Waals surface area contributed by atoms with Crippen molar-refractivity contribution >= 4 is 37.8 Å². The molecular formula is C8H6Br2O2. The average Bonchev–Trinajstić information content (AvgIpc) is 1.96. The zero-order chi connectivity index (χ0) is 9.30. The summed E-state index contributed by atoms with van der Waals surface area (Å²) in [6.07, 6.45) is 0. The third-order valence-corrected chi connectivity index (χ3v) is 2.99. The molecule has 0 radical (unpaired) electrons. The molecule has 0 fully saturated rings. The molecule has 0 aliphatic heterocycles. The van der Waals surface area contributed by atoms with Crippen LogP contribution in [0.15, 0.2) is 21.1 Å². The zero-order valence-electron chi connectivity index (χ0n) is 6.27. The molecular weight excluding hydrogens is 288 g/mol. The minimum atomic E-state index is -0.928. The lowest BCUT2D eigenvalue weighted by atomic mass is 10.1. The van der Waals surface area contributed by atoms with Gasteiger partial charge in [-0.2, -0.15) is 0 Å². The first-order chi connectivity index (χ1) is 5.52. The number of hydrogen-bond donors (Lipinski definition) is 1. The molecule has 1 N–H and O–H groups in total. The van der Waals surface area contributed by atoms with Crippen molar-refractivity contribution in [2.45, 2.75) is 6.92 Å². The first-order valence-electron chi connectivity index (χ1n) is 3.21. The largest absolute Gasteiger partial charge is 0.478 e. The van der Waals surface area contributed by atoms with E-state index in [1.165, 1.54) is 0 Å². The Morgan fingerprint density at radius 1 is 1.33 bits per heavy atom. The maximum atomic E-state index is 10.6. The SMILES string of the molecule is Cc1cc(Br)c(C(=O)O)cc1Br. The average molecular weight is 294 g/mol. The third kappa shape index (κ3) is 1.87. The maximum absolute atomic E-state index is 10.6. The molecule has 0 aliphatic rings. The fourth-order valence-electron chi connectivity index (χ4n) is 0.810. The van der Waals surface area contributed by atoms with Crippen LogP contribution in [0.2, 0.25) is 0 Å². The summed E-state index contributed by atoms with van der Waals surface area (Å²) in [4.78, 5) is 10.6. The van der Waals surface area contributed by atoms with Crippen LogP contribution in [0.3, 0.4) is 0 Å². The number of hydrogen-bond acceptors (Lipinski definition) is 1. The highest BCUT2D eigenvalue weighted by Crippen LogP contribution is 2.25. The van der Waals surface area contributed by atoms with Gasteiger partial charge in [0.05, 0.1) is 5.56 Å². The molecule has 2 nitrogen and oxygen atoms in total. The highest BCUT2D eigenvalue weighted by molar-refractivity contribution is 9.11. The van der Waals surface area contributed by atoms with Gasteiger partial charge in [0.25, 0.3) is 0 Å². The summed E-state index contributed by atoms with van der Waals surface area (Å²) in [5.41, 5.74) is 1.28. The Balaban J connectivity index is 3.33. The van der Waals surface area contributed by atoms with Crippen molar-refractivity contribution in [1.29, 1.82) is 0 Å². The van der Waals surface area contributed by atoms with Crippen molar-refractivity contribution in [3.63, 3.8) is 0 Å². The van der Waals surface area contributed by atoms with E-state index in [0.717, 1.165) is 10.0 Å². The summed E-state index contributed by atoms with van der Waals surface area (Å²) in [6.45, 7) is 1.90. The second-order valence-electron chi connectivity index (χ2n) is 2.39. The van der Waals surface area contributed by atoms with Crippen LogP contribution in [0.1, 0.15) is 15.9 Å². The van der Waals surface area contributed by atoms with Crippen LogP contribution in [0.5, 0.6) is 0 Å². The number of benzene rings is 1. The molecule has 0 aliphatic carbocycles. The fourth-order valence-corrected chi connectivity index (χ4v) is 1.78. The predicted molar refractivity (Wildman–Crippen MR) is 53.5 cm³/mol. The molecule has 0 spiro atoms. The van der Waals surface area contributed by atoms with Gasteiger partial charge < -0.3 is 5.11 Å². The Kier molecular flexibility index (Phi) is 2.90. The molecule has 0 atom stereocenters. The van der Waals surface area contributed by atoms with Gasteiger partial charge in [0, 0.05) is 8.95 Å². The molecule has 0 saturated heterocycles. The highest BCUT2D eigenvalue weighted by atomic mass is 79.9. The molecule has 0 aromatic heterocycles. The van der Waals surface area contributed by atoms with Crippen molar-refractivity contribution < 1.29 is 9.90 Å². The smallest absolute Gasteiger partial charge is 0.336 e. The van der Waals surface area contributed by atoms with E-state index in [1.54, 1.807) is 12.1 Å². The van der Waals surface area contributed by atoms with Crippen LogP contribution in [0.4, 0.5) is 0 Å². The Bertz CT molecular complexity index is 334. The topological polar surface area (TPSA) is 37.3 Å². The molecule has 1 aromatic rings. The Morgan fingerprint density at radius 2 is 1.92 bits per heavy atom. The third-order valence-electron chi connectivity index (χ3n) is 1.48. The molecule has 0 amide bonds. The fraction of sp³-hybridized carbons (Fsp3) is 0.125. The summed E-state index contributed by atoms with van der Waals surface area (Å²) < 4.78 is 1.42. The van der Waals surface area contributed by atoms with Crippen molar-refractivity contribution in [3.05, 3.63) is 32.2 Å².